The van der Waals surface area contributed by atoms with Crippen molar-refractivity contribution in [2.45, 2.75) is 58.4 Å². The molecule has 2 aromatic rings. The van der Waals surface area contributed by atoms with E-state index in [2.05, 4.69) is 22.1 Å². The molecular formula is C31H40F2N4O2. The molecule has 39 heavy (non-hydrogen) atoms. The second-order valence-electron chi connectivity index (χ2n) is 12.0. The zero-order valence-electron chi connectivity index (χ0n) is 23.2. The lowest BCUT2D eigenvalue weighted by molar-refractivity contribution is -0.130. The number of hydrogen-bond acceptors (Lipinski definition) is 4. The number of benzene rings is 1. The van der Waals surface area contributed by atoms with E-state index in [0.29, 0.717) is 11.8 Å². The molecule has 3 unspecified atom stereocenters. The number of halogens is 2. The topological polar surface area (TPSA) is 65.5 Å². The minimum absolute atomic E-state index is 0.0831. The molecule has 4 atom stereocenters. The van der Waals surface area contributed by atoms with Crippen LogP contribution in [0.5, 0.6) is 0 Å². The van der Waals surface area contributed by atoms with Gasteiger partial charge in [0, 0.05) is 57.7 Å². The summed E-state index contributed by atoms with van der Waals surface area (Å²) in [7, 11) is 0. The van der Waals surface area contributed by atoms with Gasteiger partial charge in [-0.2, -0.15) is 0 Å². The van der Waals surface area contributed by atoms with Crippen molar-refractivity contribution in [3.05, 3.63) is 65.0 Å². The summed E-state index contributed by atoms with van der Waals surface area (Å²) in [6.45, 7) is 10.2. The van der Waals surface area contributed by atoms with E-state index in [4.69, 9.17) is 0 Å². The molecule has 2 aliphatic heterocycles. The summed E-state index contributed by atoms with van der Waals surface area (Å²) in [4.78, 5) is 35.2. The van der Waals surface area contributed by atoms with Crippen molar-refractivity contribution in [2.75, 3.05) is 32.7 Å². The van der Waals surface area contributed by atoms with Crippen LogP contribution in [-0.4, -0.2) is 65.2 Å². The van der Waals surface area contributed by atoms with Crippen molar-refractivity contribution in [1.82, 2.24) is 20.1 Å². The predicted octanol–water partition coefficient (Wildman–Crippen LogP) is 5.02. The highest BCUT2D eigenvalue weighted by atomic mass is 19.3. The van der Waals surface area contributed by atoms with Gasteiger partial charge in [0.15, 0.2) is 0 Å². The first-order valence-electron chi connectivity index (χ1n) is 14.3. The predicted molar refractivity (Wildman–Crippen MR) is 146 cm³/mol. The van der Waals surface area contributed by atoms with Gasteiger partial charge in [-0.1, -0.05) is 37.3 Å². The third-order valence-corrected chi connectivity index (χ3v) is 9.07. The Morgan fingerprint density at radius 1 is 1.03 bits per heavy atom. The van der Waals surface area contributed by atoms with E-state index in [1.807, 2.05) is 55.1 Å². The van der Waals surface area contributed by atoms with Crippen molar-refractivity contribution in [1.29, 1.82) is 0 Å². The molecule has 1 saturated carbocycles. The lowest BCUT2D eigenvalue weighted by Crippen LogP contribution is -2.42. The molecule has 0 bridgehead atoms. The molecule has 1 aromatic carbocycles. The second-order valence-corrected chi connectivity index (χ2v) is 12.0. The standard InChI is InChI=1S/C31H40F2N4O2/c1-20-11-14-34-22(3)27(20)30(39)37-18-25-16-36(17-26(25)19-37)15-21(2)28(23-7-5-4-6-8-23)35-29(38)24-9-12-31(32,33)13-10-24/h4-8,11,14,21,24-26,28H,9-10,12-13,15-19H2,1-3H3,(H,35,38)/t21?,25-,26?,28?/m0/s1. The molecule has 1 aromatic heterocycles. The maximum Gasteiger partial charge on any atom is 0.255 e. The van der Waals surface area contributed by atoms with Crippen LogP contribution in [-0.2, 0) is 4.79 Å². The number of pyridine rings is 1. The first-order chi connectivity index (χ1) is 18.6. The van der Waals surface area contributed by atoms with E-state index in [9.17, 15) is 18.4 Å². The van der Waals surface area contributed by atoms with E-state index < -0.39 is 5.92 Å². The average Bonchev–Trinajstić information content (AvgIpc) is 3.46. The lowest BCUT2D eigenvalue weighted by atomic mass is 9.85. The van der Waals surface area contributed by atoms with Gasteiger partial charge in [0.2, 0.25) is 11.8 Å². The first-order valence-corrected chi connectivity index (χ1v) is 14.3. The normalized spacial score (nSPS) is 24.8. The number of fused-ring (bicyclic) bond motifs is 1. The van der Waals surface area contributed by atoms with Gasteiger partial charge in [-0.3, -0.25) is 14.6 Å². The molecule has 3 fully saturated rings. The quantitative estimate of drug-likeness (QED) is 0.538. The van der Waals surface area contributed by atoms with Crippen molar-refractivity contribution >= 4 is 11.8 Å². The molecule has 5 rings (SSSR count). The maximum atomic E-state index is 13.6. The van der Waals surface area contributed by atoms with Gasteiger partial charge >= 0.3 is 0 Å². The van der Waals surface area contributed by atoms with E-state index >= 15 is 0 Å². The van der Waals surface area contributed by atoms with Gasteiger partial charge in [-0.15, -0.1) is 0 Å². The second kappa shape index (κ2) is 11.3. The number of carbonyl (C=O) groups is 2. The molecule has 2 saturated heterocycles. The van der Waals surface area contributed by atoms with Crippen LogP contribution < -0.4 is 5.32 Å². The third kappa shape index (κ3) is 6.16. The zero-order valence-corrected chi connectivity index (χ0v) is 23.2. The van der Waals surface area contributed by atoms with Crippen LogP contribution in [0.3, 0.4) is 0 Å². The molecule has 3 heterocycles. The Labute approximate surface area is 230 Å². The highest BCUT2D eigenvalue weighted by Gasteiger charge is 2.43. The number of likely N-dealkylation sites (tertiary alicyclic amines) is 2. The average molecular weight is 539 g/mol. The summed E-state index contributed by atoms with van der Waals surface area (Å²) >= 11 is 0. The Morgan fingerprint density at radius 2 is 1.67 bits per heavy atom. The van der Waals surface area contributed by atoms with Gasteiger partial charge < -0.3 is 15.1 Å². The Hall–Kier alpha value is -2.87. The molecule has 3 aliphatic rings. The number of aryl methyl sites for hydroxylation is 2. The number of hydrogen-bond donors (Lipinski definition) is 1. The van der Waals surface area contributed by atoms with E-state index in [1.165, 1.54) is 0 Å². The highest BCUT2D eigenvalue weighted by molar-refractivity contribution is 5.96. The molecule has 2 amide bonds. The largest absolute Gasteiger partial charge is 0.349 e. The fraction of sp³-hybridized carbons (Fsp3) is 0.581. The Balaban J connectivity index is 1.20. The number of rotatable bonds is 7. The van der Waals surface area contributed by atoms with Crippen molar-refractivity contribution in [2.24, 2.45) is 23.7 Å². The molecular weight excluding hydrogens is 498 g/mol. The fourth-order valence-electron chi connectivity index (χ4n) is 6.88. The van der Waals surface area contributed by atoms with Crippen molar-refractivity contribution < 1.29 is 18.4 Å². The zero-order chi connectivity index (χ0) is 27.7. The van der Waals surface area contributed by atoms with Gasteiger partial charge in [-0.05, 0) is 61.6 Å². The van der Waals surface area contributed by atoms with E-state index in [1.54, 1.807) is 6.20 Å². The highest BCUT2D eigenvalue weighted by Crippen LogP contribution is 2.37. The van der Waals surface area contributed by atoms with Gasteiger partial charge in [0.25, 0.3) is 5.91 Å². The maximum absolute atomic E-state index is 13.6. The van der Waals surface area contributed by atoms with Gasteiger partial charge in [-0.25, -0.2) is 8.78 Å². The van der Waals surface area contributed by atoms with Crippen LogP contribution >= 0.6 is 0 Å². The van der Waals surface area contributed by atoms with E-state index in [0.717, 1.165) is 55.1 Å². The summed E-state index contributed by atoms with van der Waals surface area (Å²) in [6.07, 6.45) is 1.78. The number of carbonyl (C=O) groups excluding carboxylic acids is 2. The SMILES string of the molecule is Cc1ccnc(C)c1C(=O)N1CC2CN(CC(C)C(NC(=O)C3CCC(F)(F)CC3)c3ccccc3)C[C@H]2C1. The third-order valence-electron chi connectivity index (χ3n) is 9.07. The van der Waals surface area contributed by atoms with Crippen LogP contribution in [0, 0.1) is 37.5 Å². The summed E-state index contributed by atoms with van der Waals surface area (Å²) in [6, 6.07) is 11.7. The summed E-state index contributed by atoms with van der Waals surface area (Å²) in [5.74, 6) is -2.02. The Morgan fingerprint density at radius 3 is 2.28 bits per heavy atom. The van der Waals surface area contributed by atoms with Crippen molar-refractivity contribution in [3.8, 4) is 0 Å². The van der Waals surface area contributed by atoms with Gasteiger partial charge in [0.1, 0.15) is 0 Å². The number of nitrogens with one attached hydrogen (secondary N) is 1. The lowest BCUT2D eigenvalue weighted by Gasteiger charge is -2.33. The number of amides is 2. The minimum Gasteiger partial charge on any atom is -0.349 e. The summed E-state index contributed by atoms with van der Waals surface area (Å²) in [5, 5.41) is 3.24. The number of aromatic nitrogens is 1. The summed E-state index contributed by atoms with van der Waals surface area (Å²) < 4.78 is 27.3. The van der Waals surface area contributed by atoms with Gasteiger partial charge in [0.05, 0.1) is 17.3 Å². The van der Waals surface area contributed by atoms with Crippen LogP contribution in [0.25, 0.3) is 0 Å². The summed E-state index contributed by atoms with van der Waals surface area (Å²) in [5.41, 5.74) is 3.52. The fourth-order valence-corrected chi connectivity index (χ4v) is 6.88. The number of nitrogens with zero attached hydrogens (tertiary/aromatic N) is 3. The van der Waals surface area contributed by atoms with E-state index in [-0.39, 0.29) is 55.4 Å². The molecule has 0 spiro atoms. The van der Waals surface area contributed by atoms with Crippen LogP contribution in [0.1, 0.15) is 65.8 Å². The first kappa shape index (κ1) is 27.7. The smallest absolute Gasteiger partial charge is 0.255 e. The monoisotopic (exact) mass is 538 g/mol. The molecule has 1 N–H and O–H groups in total. The van der Waals surface area contributed by atoms with Crippen molar-refractivity contribution in [3.63, 3.8) is 0 Å². The molecule has 8 heteroatoms. The molecule has 0 radical (unpaired) electrons. The molecule has 210 valence electrons. The van der Waals surface area contributed by atoms with Crippen LogP contribution in [0.2, 0.25) is 0 Å². The Bertz CT molecular complexity index is 1150. The Kier molecular flexibility index (Phi) is 8.04. The van der Waals surface area contributed by atoms with Crippen LogP contribution in [0.4, 0.5) is 8.78 Å². The molecule has 6 nitrogen and oxygen atoms in total. The molecule has 1 aliphatic carbocycles. The van der Waals surface area contributed by atoms with Crippen LogP contribution in [0.15, 0.2) is 42.6 Å². The number of alkyl halides is 2. The minimum atomic E-state index is -2.65.